The number of benzene rings is 1. The van der Waals surface area contributed by atoms with Crippen molar-refractivity contribution in [1.82, 2.24) is 4.98 Å². The molecule has 0 atom stereocenters. The molecule has 0 saturated carbocycles. The maximum Gasteiger partial charge on any atom is 0.150 e. The maximum absolute atomic E-state index is 14.0. The molecule has 2 heterocycles. The number of nitrogens with one attached hydrogen (secondary N) is 1. The molecule has 0 bridgehead atoms. The van der Waals surface area contributed by atoms with Gasteiger partial charge in [0.05, 0.1) is 20.4 Å². The van der Waals surface area contributed by atoms with Crippen LogP contribution in [0.2, 0.25) is 4.34 Å². The lowest BCUT2D eigenvalue weighted by atomic mass is 10.0. The third-order valence-corrected chi connectivity index (χ3v) is 4.88. The molecule has 0 aliphatic rings. The molecule has 0 saturated heterocycles. The predicted octanol–water partition coefficient (Wildman–Crippen LogP) is 5.11. The molecule has 0 unspecified atom stereocenters. The van der Waals surface area contributed by atoms with Crippen molar-refractivity contribution in [3.05, 3.63) is 45.8 Å². The monoisotopic (exact) mass is 340 g/mol. The smallest absolute Gasteiger partial charge is 0.150 e. The summed E-state index contributed by atoms with van der Waals surface area (Å²) < 4.78 is 28.3. The van der Waals surface area contributed by atoms with Gasteiger partial charge in [-0.15, -0.1) is 11.3 Å². The molecule has 0 aliphatic heterocycles. The Morgan fingerprint density at radius 3 is 2.68 bits per heavy atom. The van der Waals surface area contributed by atoms with E-state index >= 15 is 0 Å². The number of aryl methyl sites for hydroxylation is 1. The zero-order valence-corrected chi connectivity index (χ0v) is 13.3. The lowest BCUT2D eigenvalue weighted by molar-refractivity contribution is 0.591. The van der Waals surface area contributed by atoms with E-state index in [1.54, 1.807) is 6.07 Å². The Morgan fingerprint density at radius 2 is 2.00 bits per heavy atom. The van der Waals surface area contributed by atoms with Crippen molar-refractivity contribution in [1.29, 1.82) is 0 Å². The largest absolute Gasteiger partial charge is 0.351 e. The molecule has 0 aliphatic carbocycles. The minimum atomic E-state index is -0.580. The number of hydrogen-bond donors (Lipinski definition) is 2. The summed E-state index contributed by atoms with van der Waals surface area (Å²) in [5.41, 5.74) is 7.61. The van der Waals surface area contributed by atoms with Crippen LogP contribution < -0.4 is 5.73 Å². The third-order valence-electron chi connectivity index (χ3n) is 3.63. The normalized spacial score (nSPS) is 11.5. The summed E-state index contributed by atoms with van der Waals surface area (Å²) in [5, 5.41) is 0.592. The number of rotatable bonds is 5. The maximum atomic E-state index is 14.0. The molecule has 22 heavy (non-hydrogen) atoms. The highest BCUT2D eigenvalue weighted by Crippen LogP contribution is 2.37. The zero-order chi connectivity index (χ0) is 15.7. The molecule has 3 aromatic rings. The van der Waals surface area contributed by atoms with Crippen LogP contribution in [0.25, 0.3) is 21.5 Å². The van der Waals surface area contributed by atoms with E-state index in [0.29, 0.717) is 28.2 Å². The molecule has 0 radical (unpaired) electrons. The number of fused-ring (bicyclic) bond motifs is 1. The number of aromatic nitrogens is 1. The first-order chi connectivity index (χ1) is 10.6. The van der Waals surface area contributed by atoms with Crippen molar-refractivity contribution in [2.75, 3.05) is 6.54 Å². The lowest BCUT2D eigenvalue weighted by Crippen LogP contribution is -1.99. The summed E-state index contributed by atoms with van der Waals surface area (Å²) in [6.45, 7) is 0.602. The summed E-state index contributed by atoms with van der Waals surface area (Å²) in [7, 11) is 0. The molecule has 3 rings (SSSR count). The Bertz CT molecular complexity index is 810. The summed E-state index contributed by atoms with van der Waals surface area (Å²) in [5.74, 6) is -1.15. The van der Waals surface area contributed by atoms with Crippen molar-refractivity contribution in [2.45, 2.75) is 19.3 Å². The fourth-order valence-electron chi connectivity index (χ4n) is 2.64. The average Bonchev–Trinajstić information content (AvgIpc) is 3.04. The van der Waals surface area contributed by atoms with Gasteiger partial charge in [-0.05, 0) is 49.6 Å². The Morgan fingerprint density at radius 1 is 1.18 bits per heavy atom. The second-order valence-electron chi connectivity index (χ2n) is 5.14. The van der Waals surface area contributed by atoms with Gasteiger partial charge in [0.25, 0.3) is 0 Å². The van der Waals surface area contributed by atoms with Crippen molar-refractivity contribution >= 4 is 33.8 Å². The van der Waals surface area contributed by atoms with E-state index in [-0.39, 0.29) is 0 Å². The van der Waals surface area contributed by atoms with Crippen LogP contribution in [0.4, 0.5) is 8.78 Å². The Balaban J connectivity index is 2.16. The van der Waals surface area contributed by atoms with Crippen LogP contribution in [-0.2, 0) is 6.42 Å². The van der Waals surface area contributed by atoms with E-state index in [4.69, 9.17) is 17.3 Å². The van der Waals surface area contributed by atoms with Gasteiger partial charge in [0.1, 0.15) is 11.6 Å². The molecule has 0 spiro atoms. The zero-order valence-electron chi connectivity index (χ0n) is 11.8. The number of thiophene rings is 1. The molecule has 6 heteroatoms. The molecule has 0 fully saturated rings. The summed E-state index contributed by atoms with van der Waals surface area (Å²) >= 11 is 7.41. The van der Waals surface area contributed by atoms with E-state index in [2.05, 4.69) is 4.98 Å². The van der Waals surface area contributed by atoms with E-state index in [1.165, 1.54) is 17.4 Å². The van der Waals surface area contributed by atoms with Crippen LogP contribution in [0.5, 0.6) is 0 Å². The van der Waals surface area contributed by atoms with E-state index in [9.17, 15) is 8.78 Å². The van der Waals surface area contributed by atoms with Gasteiger partial charge in [-0.25, -0.2) is 8.78 Å². The van der Waals surface area contributed by atoms with Crippen LogP contribution >= 0.6 is 22.9 Å². The molecule has 116 valence electrons. The summed E-state index contributed by atoms with van der Waals surface area (Å²) in [4.78, 5) is 4.02. The summed E-state index contributed by atoms with van der Waals surface area (Å²) in [6, 6.07) is 5.96. The quantitative estimate of drug-likeness (QED) is 0.623. The second kappa shape index (κ2) is 6.36. The van der Waals surface area contributed by atoms with Crippen molar-refractivity contribution in [3.8, 4) is 10.6 Å². The van der Waals surface area contributed by atoms with Crippen LogP contribution in [0, 0.1) is 11.6 Å². The third kappa shape index (κ3) is 2.89. The van der Waals surface area contributed by atoms with Gasteiger partial charge in [0.15, 0.2) is 0 Å². The number of hydrogen-bond acceptors (Lipinski definition) is 2. The van der Waals surface area contributed by atoms with Crippen LogP contribution in [0.1, 0.15) is 18.4 Å². The van der Waals surface area contributed by atoms with Gasteiger partial charge >= 0.3 is 0 Å². The van der Waals surface area contributed by atoms with Gasteiger partial charge in [-0.3, -0.25) is 0 Å². The van der Waals surface area contributed by atoms with Crippen molar-refractivity contribution < 1.29 is 8.78 Å². The van der Waals surface area contributed by atoms with Gasteiger partial charge in [-0.2, -0.15) is 0 Å². The van der Waals surface area contributed by atoms with Gasteiger partial charge < -0.3 is 10.7 Å². The number of nitrogens with two attached hydrogens (primary N) is 1. The average molecular weight is 341 g/mol. The van der Waals surface area contributed by atoms with E-state index in [0.717, 1.165) is 35.0 Å². The number of H-pyrrole nitrogens is 1. The number of unbranched alkanes of at least 4 members (excludes halogenated alkanes) is 1. The van der Waals surface area contributed by atoms with Gasteiger partial charge in [0.2, 0.25) is 0 Å². The van der Waals surface area contributed by atoms with Gasteiger partial charge in [0, 0.05) is 11.5 Å². The fourth-order valence-corrected chi connectivity index (χ4v) is 3.71. The number of aromatic amines is 1. The lowest BCUT2D eigenvalue weighted by Gasteiger charge is -2.03. The molecule has 1 aromatic carbocycles. The van der Waals surface area contributed by atoms with Crippen molar-refractivity contribution in [2.24, 2.45) is 5.73 Å². The highest BCUT2D eigenvalue weighted by molar-refractivity contribution is 7.19. The van der Waals surface area contributed by atoms with Crippen LogP contribution in [-0.4, -0.2) is 11.5 Å². The van der Waals surface area contributed by atoms with E-state index < -0.39 is 11.6 Å². The highest BCUT2D eigenvalue weighted by atomic mass is 35.5. The Labute approximate surface area is 135 Å². The Hall–Kier alpha value is -1.43. The minimum absolute atomic E-state index is 0.337. The Kier molecular flexibility index (Phi) is 4.47. The summed E-state index contributed by atoms with van der Waals surface area (Å²) in [6.07, 6.45) is 2.45. The fraction of sp³-hybridized carbons (Fsp3) is 0.250. The molecule has 0 amide bonds. The molecule has 2 aromatic heterocycles. The van der Waals surface area contributed by atoms with Crippen molar-refractivity contribution in [3.63, 3.8) is 0 Å². The van der Waals surface area contributed by atoms with Crippen LogP contribution in [0.15, 0.2) is 24.3 Å². The second-order valence-corrected chi connectivity index (χ2v) is 6.85. The molecular weight excluding hydrogens is 326 g/mol. The molecular formula is C16H15ClF2N2S. The standard InChI is InChI=1S/C16H15ClF2N2S/c17-14-5-4-13(22-14)16-10(3-1-2-6-20)11-7-9(18)8-12(19)15(11)21-16/h4-5,7-8,21H,1-3,6,20H2. The molecule has 3 N–H and O–H groups in total. The van der Waals surface area contributed by atoms with Crippen LogP contribution in [0.3, 0.4) is 0 Å². The molecule has 2 nitrogen and oxygen atoms in total. The first-order valence-electron chi connectivity index (χ1n) is 7.05. The predicted molar refractivity (Wildman–Crippen MR) is 88.5 cm³/mol. The SMILES string of the molecule is NCCCCc1c(-c2ccc(Cl)s2)[nH]c2c(F)cc(F)cc12. The number of halogens is 3. The first-order valence-corrected chi connectivity index (χ1v) is 8.25. The first kappa shape index (κ1) is 15.5. The van der Waals surface area contributed by atoms with E-state index in [1.807, 2.05) is 6.07 Å². The van der Waals surface area contributed by atoms with Gasteiger partial charge in [-0.1, -0.05) is 11.6 Å². The highest BCUT2D eigenvalue weighted by Gasteiger charge is 2.17. The topological polar surface area (TPSA) is 41.8 Å². The minimum Gasteiger partial charge on any atom is -0.351 e.